The zero-order chi connectivity index (χ0) is 17.2. The largest absolute Gasteiger partial charge is 0.504 e. The first-order valence-electron chi connectivity index (χ1n) is 8.15. The predicted molar refractivity (Wildman–Crippen MR) is 94.7 cm³/mol. The highest BCUT2D eigenvalue weighted by atomic mass is 16.5. The summed E-state index contributed by atoms with van der Waals surface area (Å²) < 4.78 is 5.79. The lowest BCUT2D eigenvalue weighted by Crippen LogP contribution is -2.26. The lowest BCUT2D eigenvalue weighted by Gasteiger charge is -2.20. The average Bonchev–Trinajstić information content (AvgIpc) is 2.86. The van der Waals surface area contributed by atoms with Crippen LogP contribution in [0.4, 0.5) is 5.82 Å². The summed E-state index contributed by atoms with van der Waals surface area (Å²) in [5, 5.41) is 18.8. The van der Waals surface area contributed by atoms with Crippen molar-refractivity contribution in [1.82, 2.24) is 15.2 Å². The van der Waals surface area contributed by atoms with Crippen LogP contribution < -0.4 is 9.64 Å². The quantitative estimate of drug-likeness (QED) is 0.777. The molecular weight excluding hydrogens is 316 g/mol. The van der Waals surface area contributed by atoms with Crippen LogP contribution in [0.3, 0.4) is 0 Å². The zero-order valence-electron chi connectivity index (χ0n) is 13.9. The maximum Gasteiger partial charge on any atom is 0.166 e. The third-order valence-corrected chi connectivity index (χ3v) is 4.22. The summed E-state index contributed by atoms with van der Waals surface area (Å²) in [4.78, 5) is 6.25. The molecule has 0 atom stereocenters. The van der Waals surface area contributed by atoms with Crippen molar-refractivity contribution < 1.29 is 9.84 Å². The smallest absolute Gasteiger partial charge is 0.166 e. The summed E-state index contributed by atoms with van der Waals surface area (Å²) in [5.74, 6) is 1.48. The molecule has 0 bridgehead atoms. The second kappa shape index (κ2) is 6.39. The fraction of sp³-hybridized carbons (Fsp3) is 0.211. The Morgan fingerprint density at radius 2 is 2.04 bits per heavy atom. The number of fused-ring (bicyclic) bond motifs is 1. The van der Waals surface area contributed by atoms with Crippen molar-refractivity contribution in [3.8, 4) is 22.6 Å². The summed E-state index contributed by atoms with van der Waals surface area (Å²) >= 11 is 0. The van der Waals surface area contributed by atoms with Crippen molar-refractivity contribution in [1.29, 1.82) is 0 Å². The Morgan fingerprint density at radius 3 is 2.80 bits per heavy atom. The fourth-order valence-electron chi connectivity index (χ4n) is 2.96. The fourth-order valence-corrected chi connectivity index (χ4v) is 2.96. The lowest BCUT2D eigenvalue weighted by atomic mass is 10.0. The number of phenols is 1. The molecule has 6 heteroatoms. The number of hydrogen-bond donors (Lipinski definition) is 1. The number of rotatable bonds is 2. The minimum atomic E-state index is 0.146. The Kier molecular flexibility index (Phi) is 3.93. The van der Waals surface area contributed by atoms with Gasteiger partial charge in [-0.2, -0.15) is 5.10 Å². The van der Waals surface area contributed by atoms with E-state index in [2.05, 4.69) is 20.1 Å². The van der Waals surface area contributed by atoms with Crippen molar-refractivity contribution >= 4 is 5.82 Å². The second-order valence-electron chi connectivity index (χ2n) is 6.03. The Balaban J connectivity index is 1.72. The summed E-state index contributed by atoms with van der Waals surface area (Å²) in [7, 11) is 0. The Bertz CT molecular complexity index is 882. The molecule has 25 heavy (non-hydrogen) atoms. The van der Waals surface area contributed by atoms with E-state index >= 15 is 0 Å². The highest BCUT2D eigenvalue weighted by Gasteiger charge is 2.21. The number of aromatic hydroxyl groups is 1. The highest BCUT2D eigenvalue weighted by molar-refractivity contribution is 5.68. The Morgan fingerprint density at radius 1 is 1.12 bits per heavy atom. The number of anilines is 1. The molecule has 6 nitrogen and oxygen atoms in total. The Labute approximate surface area is 145 Å². The van der Waals surface area contributed by atoms with Gasteiger partial charge in [0.05, 0.1) is 12.2 Å². The van der Waals surface area contributed by atoms with Gasteiger partial charge in [0.15, 0.2) is 17.3 Å². The van der Waals surface area contributed by atoms with Gasteiger partial charge in [-0.3, -0.25) is 4.98 Å². The van der Waals surface area contributed by atoms with Crippen molar-refractivity contribution in [2.75, 3.05) is 18.1 Å². The van der Waals surface area contributed by atoms with E-state index in [4.69, 9.17) is 4.74 Å². The first-order chi connectivity index (χ1) is 12.2. The van der Waals surface area contributed by atoms with Gasteiger partial charge in [0, 0.05) is 30.1 Å². The van der Waals surface area contributed by atoms with E-state index in [0.29, 0.717) is 25.4 Å². The van der Waals surface area contributed by atoms with Crippen molar-refractivity contribution in [3.63, 3.8) is 0 Å². The summed E-state index contributed by atoms with van der Waals surface area (Å²) in [6.07, 6.45) is 3.51. The van der Waals surface area contributed by atoms with Crippen LogP contribution in [0.5, 0.6) is 11.5 Å². The molecule has 126 valence electrons. The number of pyridine rings is 1. The van der Waals surface area contributed by atoms with Crippen LogP contribution in [-0.4, -0.2) is 33.4 Å². The molecule has 0 saturated heterocycles. The topological polar surface area (TPSA) is 71.4 Å². The molecule has 1 N–H and O–H groups in total. The number of nitrogens with zero attached hydrogens (tertiary/aromatic N) is 4. The van der Waals surface area contributed by atoms with E-state index in [9.17, 15) is 5.11 Å². The van der Waals surface area contributed by atoms with Crippen molar-refractivity contribution in [3.05, 3.63) is 60.0 Å². The predicted octanol–water partition coefficient (Wildman–Crippen LogP) is 2.95. The molecule has 0 fully saturated rings. The SMILES string of the molecule is Cc1ccc(N2CCOc3c(O)cc(-c4cccnc4)cc3C2)nn1. The van der Waals surface area contributed by atoms with E-state index < -0.39 is 0 Å². The van der Waals surface area contributed by atoms with Crippen LogP contribution >= 0.6 is 0 Å². The van der Waals surface area contributed by atoms with Gasteiger partial charge in [0.25, 0.3) is 0 Å². The average molecular weight is 334 g/mol. The molecule has 0 unspecified atom stereocenters. The number of aryl methyl sites for hydroxylation is 1. The normalized spacial score (nSPS) is 13.7. The van der Waals surface area contributed by atoms with E-state index in [1.54, 1.807) is 18.5 Å². The molecule has 0 radical (unpaired) electrons. The maximum atomic E-state index is 10.4. The minimum absolute atomic E-state index is 0.146. The molecule has 1 aliphatic heterocycles. The Hall–Kier alpha value is -3.15. The lowest BCUT2D eigenvalue weighted by molar-refractivity contribution is 0.311. The number of ether oxygens (including phenoxy) is 1. The monoisotopic (exact) mass is 334 g/mol. The molecule has 1 aromatic carbocycles. The van der Waals surface area contributed by atoms with Crippen molar-refractivity contribution in [2.45, 2.75) is 13.5 Å². The van der Waals surface area contributed by atoms with E-state index in [1.807, 2.05) is 37.3 Å². The van der Waals surface area contributed by atoms with Gasteiger partial charge in [-0.25, -0.2) is 0 Å². The molecule has 0 spiro atoms. The van der Waals surface area contributed by atoms with Gasteiger partial charge >= 0.3 is 0 Å². The second-order valence-corrected chi connectivity index (χ2v) is 6.03. The summed E-state index contributed by atoms with van der Waals surface area (Å²) in [6, 6.07) is 11.5. The summed E-state index contributed by atoms with van der Waals surface area (Å²) in [5.41, 5.74) is 3.65. The molecule has 0 saturated carbocycles. The van der Waals surface area contributed by atoms with Crippen LogP contribution in [0, 0.1) is 6.92 Å². The minimum Gasteiger partial charge on any atom is -0.504 e. The van der Waals surface area contributed by atoms with Crippen LogP contribution in [0.25, 0.3) is 11.1 Å². The summed E-state index contributed by atoms with van der Waals surface area (Å²) in [6.45, 7) is 3.65. The molecular formula is C19H18N4O2. The van der Waals surface area contributed by atoms with Gasteiger partial charge in [0.1, 0.15) is 6.61 Å². The number of phenolic OH excluding ortho intramolecular Hbond substituents is 1. The molecule has 0 aliphatic carbocycles. The third kappa shape index (κ3) is 3.10. The van der Waals surface area contributed by atoms with Gasteiger partial charge in [-0.1, -0.05) is 6.07 Å². The van der Waals surface area contributed by atoms with E-state index in [-0.39, 0.29) is 5.75 Å². The first kappa shape index (κ1) is 15.4. The molecule has 1 aliphatic rings. The van der Waals surface area contributed by atoms with Gasteiger partial charge in [-0.05, 0) is 42.8 Å². The van der Waals surface area contributed by atoms with Crippen LogP contribution in [0.2, 0.25) is 0 Å². The highest BCUT2D eigenvalue weighted by Crippen LogP contribution is 2.37. The standard InChI is InChI=1S/C19H18N4O2/c1-13-4-5-18(22-21-13)23-7-8-25-19-16(12-23)9-15(10-17(19)24)14-3-2-6-20-11-14/h2-6,9-11,24H,7-8,12H2,1H3. The van der Waals surface area contributed by atoms with E-state index in [0.717, 1.165) is 28.2 Å². The third-order valence-electron chi connectivity index (χ3n) is 4.22. The van der Waals surface area contributed by atoms with Crippen LogP contribution in [0.1, 0.15) is 11.3 Å². The van der Waals surface area contributed by atoms with Gasteiger partial charge in [0.2, 0.25) is 0 Å². The van der Waals surface area contributed by atoms with Crippen molar-refractivity contribution in [2.24, 2.45) is 0 Å². The molecule has 3 aromatic rings. The maximum absolute atomic E-state index is 10.4. The van der Waals surface area contributed by atoms with Gasteiger partial charge < -0.3 is 14.7 Å². The number of aromatic nitrogens is 3. The molecule has 2 aromatic heterocycles. The number of benzene rings is 1. The van der Waals surface area contributed by atoms with Crippen LogP contribution in [-0.2, 0) is 6.54 Å². The first-order valence-corrected chi connectivity index (χ1v) is 8.15. The molecule has 0 amide bonds. The van der Waals surface area contributed by atoms with Gasteiger partial charge in [-0.15, -0.1) is 5.10 Å². The molecule has 4 rings (SSSR count). The molecule has 3 heterocycles. The van der Waals surface area contributed by atoms with E-state index in [1.165, 1.54) is 0 Å². The van der Waals surface area contributed by atoms with Crippen LogP contribution in [0.15, 0.2) is 48.8 Å². The number of hydrogen-bond acceptors (Lipinski definition) is 6. The zero-order valence-corrected chi connectivity index (χ0v) is 13.9.